The molecule has 0 amide bonds. The van der Waals surface area contributed by atoms with Crippen LogP contribution in [0.1, 0.15) is 22.3 Å². The zero-order chi connectivity index (χ0) is 17.7. The van der Waals surface area contributed by atoms with Gasteiger partial charge in [-0.1, -0.05) is 12.1 Å². The monoisotopic (exact) mass is 327 g/mol. The summed E-state index contributed by atoms with van der Waals surface area (Å²) in [6.07, 6.45) is 2.03. The van der Waals surface area contributed by atoms with E-state index in [1.54, 1.807) is 0 Å². The average Bonchev–Trinajstić information content (AvgIpc) is 2.95. The summed E-state index contributed by atoms with van der Waals surface area (Å²) in [7, 11) is 2.03. The summed E-state index contributed by atoms with van der Waals surface area (Å²) in [4.78, 5) is 0. The van der Waals surface area contributed by atoms with Crippen LogP contribution in [-0.2, 0) is 7.05 Å². The van der Waals surface area contributed by atoms with E-state index in [1.165, 1.54) is 0 Å². The van der Waals surface area contributed by atoms with Crippen molar-refractivity contribution in [3.05, 3.63) is 64.8 Å². The molecule has 0 spiro atoms. The molecule has 0 atom stereocenters. The van der Waals surface area contributed by atoms with Gasteiger partial charge in [-0.3, -0.25) is 0 Å². The number of pyridine rings is 1. The first-order chi connectivity index (χ1) is 12.0. The van der Waals surface area contributed by atoms with E-state index in [0.717, 1.165) is 44.3 Å². The summed E-state index contributed by atoms with van der Waals surface area (Å²) in [6.45, 7) is 6.11. The predicted octanol–water partition coefficient (Wildman–Crippen LogP) is 4.87. The maximum Gasteiger partial charge on any atom is 0.216 e. The Morgan fingerprint density at radius 2 is 1.76 bits per heavy atom. The molecule has 4 aromatic rings. The summed E-state index contributed by atoms with van der Waals surface area (Å²) in [5, 5.41) is 11.7. The zero-order valence-corrected chi connectivity index (χ0v) is 14.8. The maximum atomic E-state index is 9.64. The van der Waals surface area contributed by atoms with Gasteiger partial charge in [-0.05, 0) is 49.6 Å². The van der Waals surface area contributed by atoms with Crippen LogP contribution in [0, 0.1) is 32.1 Å². The lowest BCUT2D eigenvalue weighted by Gasteiger charge is -2.05. The molecule has 0 unspecified atom stereocenters. The van der Waals surface area contributed by atoms with Crippen LogP contribution < -0.4 is 4.57 Å². The van der Waals surface area contributed by atoms with Crippen LogP contribution in [0.2, 0.25) is 0 Å². The molecule has 0 radical (unpaired) electrons. The smallest absolute Gasteiger partial charge is 0.216 e. The third-order valence-electron chi connectivity index (χ3n) is 5.08. The predicted molar refractivity (Wildman–Crippen MR) is 99.3 cm³/mol. The Bertz CT molecular complexity index is 1190. The van der Waals surface area contributed by atoms with Crippen LogP contribution in [0.4, 0.5) is 0 Å². The van der Waals surface area contributed by atoms with Crippen molar-refractivity contribution in [3.8, 4) is 17.3 Å². The van der Waals surface area contributed by atoms with Crippen molar-refractivity contribution >= 4 is 21.9 Å². The highest BCUT2D eigenvalue weighted by atomic mass is 16.3. The molecule has 122 valence electrons. The summed E-state index contributed by atoms with van der Waals surface area (Å²) < 4.78 is 8.39. The molecule has 2 aromatic carbocycles. The number of hydrogen-bond acceptors (Lipinski definition) is 2. The van der Waals surface area contributed by atoms with E-state index in [1.807, 2.05) is 39.2 Å². The van der Waals surface area contributed by atoms with E-state index in [-0.39, 0.29) is 0 Å². The van der Waals surface area contributed by atoms with Gasteiger partial charge in [-0.2, -0.15) is 5.26 Å². The van der Waals surface area contributed by atoms with Crippen molar-refractivity contribution in [1.29, 1.82) is 5.26 Å². The van der Waals surface area contributed by atoms with Gasteiger partial charge in [0.05, 0.1) is 11.1 Å². The Morgan fingerprint density at radius 3 is 2.48 bits per heavy atom. The van der Waals surface area contributed by atoms with Crippen molar-refractivity contribution < 1.29 is 8.98 Å². The second-order valence-corrected chi connectivity index (χ2v) is 6.61. The number of rotatable bonds is 1. The molecular weight excluding hydrogens is 308 g/mol. The normalized spacial score (nSPS) is 11.2. The molecular formula is C22H19N2O+. The molecule has 0 fully saturated rings. The van der Waals surface area contributed by atoms with Gasteiger partial charge in [0.15, 0.2) is 11.8 Å². The summed E-state index contributed by atoms with van der Waals surface area (Å²) >= 11 is 0. The number of benzene rings is 2. The minimum atomic E-state index is 0.632. The minimum absolute atomic E-state index is 0.632. The second-order valence-electron chi connectivity index (χ2n) is 6.61. The molecule has 0 aliphatic carbocycles. The number of furan rings is 1. The third-order valence-corrected chi connectivity index (χ3v) is 5.08. The summed E-state index contributed by atoms with van der Waals surface area (Å²) in [5.74, 6) is 0. The molecule has 4 rings (SSSR count). The number of aryl methyl sites for hydroxylation is 3. The first kappa shape index (κ1) is 15.4. The molecule has 2 aromatic heterocycles. The van der Waals surface area contributed by atoms with Crippen LogP contribution in [0.25, 0.3) is 33.2 Å². The lowest BCUT2D eigenvalue weighted by molar-refractivity contribution is -0.660. The largest absolute Gasteiger partial charge is 0.454 e. The SMILES string of the molecule is Cc1cc2c(oc3c(-c4cccc[n+]4C)c(C)ccc32)c(C#N)c1C. The van der Waals surface area contributed by atoms with Crippen LogP contribution in [0.5, 0.6) is 0 Å². The van der Waals surface area contributed by atoms with Crippen LogP contribution >= 0.6 is 0 Å². The number of hydrogen-bond donors (Lipinski definition) is 0. The van der Waals surface area contributed by atoms with Gasteiger partial charge in [-0.15, -0.1) is 0 Å². The van der Waals surface area contributed by atoms with Crippen molar-refractivity contribution in [3.63, 3.8) is 0 Å². The van der Waals surface area contributed by atoms with Crippen molar-refractivity contribution in [2.75, 3.05) is 0 Å². The lowest BCUT2D eigenvalue weighted by Crippen LogP contribution is -2.30. The molecule has 0 aliphatic heterocycles. The van der Waals surface area contributed by atoms with Crippen molar-refractivity contribution in [2.45, 2.75) is 20.8 Å². The fraction of sp³-hybridized carbons (Fsp3) is 0.182. The Morgan fingerprint density at radius 1 is 0.960 bits per heavy atom. The van der Waals surface area contributed by atoms with Crippen LogP contribution in [-0.4, -0.2) is 0 Å². The van der Waals surface area contributed by atoms with E-state index in [9.17, 15) is 5.26 Å². The summed E-state index contributed by atoms with van der Waals surface area (Å²) in [5.41, 5.74) is 7.58. The third kappa shape index (κ3) is 2.15. The van der Waals surface area contributed by atoms with Gasteiger partial charge in [0.25, 0.3) is 0 Å². The Balaban J connectivity index is 2.21. The Labute approximate surface area is 146 Å². The highest BCUT2D eigenvalue weighted by Gasteiger charge is 2.22. The standard InChI is InChI=1S/C22H19N2O/c1-13-8-9-16-17-11-14(2)15(3)18(12-23)21(17)25-22(16)20(13)19-7-5-6-10-24(19)4/h5-11H,1-4H3/q+1. The Kier molecular flexibility index (Phi) is 3.36. The molecule has 0 bridgehead atoms. The minimum Gasteiger partial charge on any atom is -0.454 e. The molecule has 0 N–H and O–H groups in total. The summed E-state index contributed by atoms with van der Waals surface area (Å²) in [6, 6.07) is 14.8. The van der Waals surface area contributed by atoms with Gasteiger partial charge in [0.1, 0.15) is 18.7 Å². The van der Waals surface area contributed by atoms with Gasteiger partial charge >= 0.3 is 0 Å². The van der Waals surface area contributed by atoms with E-state index < -0.39 is 0 Å². The molecule has 0 aliphatic rings. The average molecular weight is 327 g/mol. The van der Waals surface area contributed by atoms with Gasteiger partial charge < -0.3 is 4.42 Å². The number of nitrogens with zero attached hydrogens (tertiary/aromatic N) is 2. The molecule has 0 saturated heterocycles. The molecule has 25 heavy (non-hydrogen) atoms. The van der Waals surface area contributed by atoms with Gasteiger partial charge in [0, 0.05) is 22.9 Å². The quantitative estimate of drug-likeness (QED) is 0.468. The Hall–Kier alpha value is -3.12. The van der Waals surface area contributed by atoms with Crippen molar-refractivity contribution in [2.24, 2.45) is 7.05 Å². The van der Waals surface area contributed by atoms with E-state index in [0.29, 0.717) is 11.1 Å². The van der Waals surface area contributed by atoms with Crippen LogP contribution in [0.3, 0.4) is 0 Å². The topological polar surface area (TPSA) is 40.8 Å². The molecule has 2 heterocycles. The van der Waals surface area contributed by atoms with Gasteiger partial charge in [0.2, 0.25) is 5.69 Å². The highest BCUT2D eigenvalue weighted by molar-refractivity contribution is 6.11. The van der Waals surface area contributed by atoms with E-state index >= 15 is 0 Å². The molecule has 0 saturated carbocycles. The highest BCUT2D eigenvalue weighted by Crippen LogP contribution is 2.39. The number of aromatic nitrogens is 1. The first-order valence-corrected chi connectivity index (χ1v) is 8.34. The van der Waals surface area contributed by atoms with Crippen molar-refractivity contribution in [1.82, 2.24) is 0 Å². The fourth-order valence-corrected chi connectivity index (χ4v) is 3.54. The number of nitriles is 1. The van der Waals surface area contributed by atoms with Gasteiger partial charge in [-0.25, -0.2) is 4.57 Å². The maximum absolute atomic E-state index is 9.64. The first-order valence-electron chi connectivity index (χ1n) is 8.34. The van der Waals surface area contributed by atoms with Crippen LogP contribution in [0.15, 0.2) is 47.0 Å². The lowest BCUT2D eigenvalue weighted by atomic mass is 9.97. The zero-order valence-electron chi connectivity index (χ0n) is 14.8. The fourth-order valence-electron chi connectivity index (χ4n) is 3.54. The molecule has 3 heteroatoms. The molecule has 3 nitrogen and oxygen atoms in total. The van der Waals surface area contributed by atoms with E-state index in [2.05, 4.69) is 41.8 Å². The van der Waals surface area contributed by atoms with E-state index in [4.69, 9.17) is 4.42 Å². The number of fused-ring (bicyclic) bond motifs is 3. The second kappa shape index (κ2) is 5.46.